The molecule has 2 aliphatic heterocycles. The summed E-state index contributed by atoms with van der Waals surface area (Å²) in [5.74, 6) is 0.327. The van der Waals surface area contributed by atoms with Crippen LogP contribution in [-0.4, -0.2) is 144 Å². The first-order chi connectivity index (χ1) is 29.9. The van der Waals surface area contributed by atoms with Crippen LogP contribution in [0, 0.1) is 0 Å². The van der Waals surface area contributed by atoms with E-state index >= 15 is 0 Å². The zero-order valence-corrected chi connectivity index (χ0v) is 38.7. The van der Waals surface area contributed by atoms with E-state index in [4.69, 9.17) is 20.3 Å². The standard InChI is InChI=1S/C21H28N6O3S.C14H22N4O2.C7H8N2O2S/c1-5-31-18-14-23-13-16(24-18)19(28)25-15-12-22-7-6-17(15)26-8-10-27(11-9-26)20(29)30-21(2,3)4;1-14(2,3)20-13(19)18-8-6-17(7-9-18)12-4-5-16-10-11(12)15;1-2-12-6-4-8-3-5(9-6)7(10)11/h6-7,12-14H,5,8-11H2,1-4H3,(H,25,28);4-5,10H,6-9,15H2,1-3H3;3-4H,2H2,1H3,(H,10,11). The van der Waals surface area contributed by atoms with Crippen LogP contribution >= 0.6 is 23.5 Å². The van der Waals surface area contributed by atoms with Gasteiger partial charge in [-0.25, -0.2) is 24.4 Å². The maximum atomic E-state index is 12.7. The Bertz CT molecular complexity index is 2140. The maximum Gasteiger partial charge on any atom is 0.410 e. The van der Waals surface area contributed by atoms with Gasteiger partial charge in [0.15, 0.2) is 5.69 Å². The van der Waals surface area contributed by atoms with Crippen molar-refractivity contribution in [3.05, 3.63) is 73.1 Å². The highest BCUT2D eigenvalue weighted by molar-refractivity contribution is 7.99. The number of carbonyl (C=O) groups is 4. The predicted molar refractivity (Wildman–Crippen MR) is 245 cm³/mol. The van der Waals surface area contributed by atoms with E-state index in [1.165, 1.54) is 35.9 Å². The third kappa shape index (κ3) is 16.4. The number of hydrogen-bond acceptors (Lipinski definition) is 17. The van der Waals surface area contributed by atoms with Crippen molar-refractivity contribution in [1.82, 2.24) is 39.7 Å². The van der Waals surface area contributed by atoms with Crippen LogP contribution in [0.1, 0.15) is 76.4 Å². The number of carbonyl (C=O) groups excluding carboxylic acids is 3. The largest absolute Gasteiger partial charge is 0.476 e. The van der Waals surface area contributed by atoms with Gasteiger partial charge in [-0.05, 0) is 65.2 Å². The van der Waals surface area contributed by atoms with E-state index in [9.17, 15) is 19.2 Å². The fourth-order valence-electron chi connectivity index (χ4n) is 5.89. The number of hydrogen-bond donors (Lipinski definition) is 3. The molecule has 4 N–H and O–H groups in total. The van der Waals surface area contributed by atoms with Crippen molar-refractivity contribution >= 4 is 70.3 Å². The number of anilines is 4. The molecule has 3 amide bonds. The van der Waals surface area contributed by atoms with Crippen LogP contribution in [0.2, 0.25) is 0 Å². The SMILES string of the molecule is CC(C)(C)OC(=O)N1CCN(c2ccncc2N)CC1.CCSc1cncc(C(=O)Nc2cnccc2N2CCN(C(=O)OC(C)(C)C)CC2)n1.CCSc1cncc(C(=O)O)n1. The van der Waals surface area contributed by atoms with Crippen LogP contribution in [0.25, 0.3) is 0 Å². The molecule has 63 heavy (non-hydrogen) atoms. The van der Waals surface area contributed by atoms with Crippen molar-refractivity contribution in [3.8, 4) is 0 Å². The predicted octanol–water partition coefficient (Wildman–Crippen LogP) is 6.30. The van der Waals surface area contributed by atoms with Gasteiger partial charge in [0.1, 0.15) is 26.9 Å². The number of ether oxygens (including phenoxy) is 2. The Balaban J connectivity index is 0.000000232. The molecule has 2 aliphatic rings. The summed E-state index contributed by atoms with van der Waals surface area (Å²) in [6.07, 6.45) is 12.0. The van der Waals surface area contributed by atoms with Crippen LogP contribution < -0.4 is 20.9 Å². The second-order valence-corrected chi connectivity index (χ2v) is 18.4. The molecule has 0 saturated carbocycles. The molecule has 4 aromatic rings. The molecule has 0 atom stereocenters. The number of pyridine rings is 2. The Kier molecular flexibility index (Phi) is 18.5. The number of nitrogens with two attached hydrogens (primary N) is 1. The average molecular weight is 907 g/mol. The maximum absolute atomic E-state index is 12.7. The first-order valence-electron chi connectivity index (χ1n) is 20.4. The fraction of sp³-hybridized carbons (Fsp3) is 0.476. The molecule has 6 rings (SSSR count). The van der Waals surface area contributed by atoms with Crippen LogP contribution in [0.5, 0.6) is 0 Å². The topological polar surface area (TPSA) is 235 Å². The molecule has 0 aliphatic carbocycles. The van der Waals surface area contributed by atoms with Gasteiger partial charge in [0.2, 0.25) is 0 Å². The minimum Gasteiger partial charge on any atom is -0.476 e. The van der Waals surface area contributed by atoms with Crippen LogP contribution in [0.4, 0.5) is 32.3 Å². The van der Waals surface area contributed by atoms with E-state index < -0.39 is 17.2 Å². The fourth-order valence-corrected chi connectivity index (χ4v) is 7.08. The van der Waals surface area contributed by atoms with E-state index in [0.717, 1.165) is 36.0 Å². The first-order valence-corrected chi connectivity index (χ1v) is 22.4. The zero-order valence-electron chi connectivity index (χ0n) is 37.1. The number of aromatic carboxylic acids is 1. The third-order valence-corrected chi connectivity index (χ3v) is 10.2. The number of nitrogens with one attached hydrogen (secondary N) is 1. The van der Waals surface area contributed by atoms with Gasteiger partial charge in [-0.1, -0.05) is 13.8 Å². The summed E-state index contributed by atoms with van der Waals surface area (Å²) in [5, 5.41) is 12.8. The molecule has 6 heterocycles. The number of amides is 3. The number of nitrogens with zero attached hydrogens (tertiary/aromatic N) is 10. The molecule has 19 nitrogen and oxygen atoms in total. The summed E-state index contributed by atoms with van der Waals surface area (Å²) in [6.45, 7) is 20.2. The normalized spacial score (nSPS) is 14.0. The van der Waals surface area contributed by atoms with Crippen molar-refractivity contribution in [2.45, 2.75) is 76.6 Å². The number of carboxylic acids is 1. The van der Waals surface area contributed by atoms with Crippen molar-refractivity contribution in [3.63, 3.8) is 0 Å². The number of piperazine rings is 2. The summed E-state index contributed by atoms with van der Waals surface area (Å²) in [7, 11) is 0. The molecule has 2 saturated heterocycles. The second-order valence-electron chi connectivity index (χ2n) is 15.8. The summed E-state index contributed by atoms with van der Waals surface area (Å²) < 4.78 is 10.8. The highest BCUT2D eigenvalue weighted by atomic mass is 32.2. The highest BCUT2D eigenvalue weighted by Crippen LogP contribution is 2.27. The minimum atomic E-state index is -1.04. The molecule has 2 fully saturated rings. The zero-order chi connectivity index (χ0) is 46.2. The number of nitrogen functional groups attached to an aromatic ring is 1. The first kappa shape index (κ1) is 49.7. The van der Waals surface area contributed by atoms with Gasteiger partial charge in [0, 0.05) is 64.8 Å². The molecule has 0 bridgehead atoms. The minimum absolute atomic E-state index is 0.00606. The van der Waals surface area contributed by atoms with E-state index in [-0.39, 0.29) is 29.5 Å². The summed E-state index contributed by atoms with van der Waals surface area (Å²) >= 11 is 3.00. The van der Waals surface area contributed by atoms with E-state index in [1.807, 2.05) is 67.5 Å². The van der Waals surface area contributed by atoms with Gasteiger partial charge in [-0.15, -0.1) is 23.5 Å². The molecular formula is C42H58N12O7S2. The molecule has 0 spiro atoms. The lowest BCUT2D eigenvalue weighted by atomic mass is 10.2. The molecular weight excluding hydrogens is 849 g/mol. The molecule has 0 unspecified atom stereocenters. The second kappa shape index (κ2) is 23.5. The lowest BCUT2D eigenvalue weighted by Gasteiger charge is -2.37. The molecule has 21 heteroatoms. The number of rotatable bonds is 9. The average Bonchev–Trinajstić information content (AvgIpc) is 3.24. The Morgan fingerprint density at radius 3 is 1.56 bits per heavy atom. The molecule has 0 radical (unpaired) electrons. The highest BCUT2D eigenvalue weighted by Gasteiger charge is 2.28. The smallest absolute Gasteiger partial charge is 0.410 e. The number of thioether (sulfide) groups is 2. The van der Waals surface area contributed by atoms with E-state index in [0.29, 0.717) is 60.7 Å². The Morgan fingerprint density at radius 2 is 1.10 bits per heavy atom. The van der Waals surface area contributed by atoms with Crippen molar-refractivity contribution < 1.29 is 33.8 Å². The van der Waals surface area contributed by atoms with Gasteiger partial charge in [0.05, 0.1) is 59.9 Å². The van der Waals surface area contributed by atoms with Crippen molar-refractivity contribution in [2.24, 2.45) is 0 Å². The Hall–Kier alpha value is -5.96. The Labute approximate surface area is 377 Å². The molecule has 340 valence electrons. The van der Waals surface area contributed by atoms with Gasteiger partial charge >= 0.3 is 18.2 Å². The molecule has 4 aromatic heterocycles. The lowest BCUT2D eigenvalue weighted by Crippen LogP contribution is -2.50. The molecule has 0 aromatic carbocycles. The van der Waals surface area contributed by atoms with Crippen LogP contribution in [-0.2, 0) is 9.47 Å². The number of aromatic nitrogens is 6. The number of carboxylic acid groups (broad SMARTS) is 1. The monoisotopic (exact) mass is 906 g/mol. The lowest BCUT2D eigenvalue weighted by molar-refractivity contribution is 0.0230. The van der Waals surface area contributed by atoms with Crippen LogP contribution in [0.3, 0.4) is 0 Å². The summed E-state index contributed by atoms with van der Waals surface area (Å²) in [5.41, 5.74) is 8.27. The van der Waals surface area contributed by atoms with E-state index in [2.05, 4.69) is 45.0 Å². The van der Waals surface area contributed by atoms with Gasteiger partial charge in [-0.2, -0.15) is 0 Å². The van der Waals surface area contributed by atoms with Gasteiger partial charge in [-0.3, -0.25) is 24.7 Å². The third-order valence-electron chi connectivity index (χ3n) is 8.68. The summed E-state index contributed by atoms with van der Waals surface area (Å²) in [4.78, 5) is 79.4. The van der Waals surface area contributed by atoms with E-state index in [1.54, 1.807) is 47.0 Å². The van der Waals surface area contributed by atoms with Crippen LogP contribution in [0.15, 0.2) is 71.8 Å². The van der Waals surface area contributed by atoms with Crippen molar-refractivity contribution in [2.75, 3.05) is 84.7 Å². The summed E-state index contributed by atoms with van der Waals surface area (Å²) in [6, 6.07) is 3.76. The van der Waals surface area contributed by atoms with Gasteiger partial charge < -0.3 is 45.2 Å². The van der Waals surface area contributed by atoms with Crippen molar-refractivity contribution in [1.29, 1.82) is 0 Å². The van der Waals surface area contributed by atoms with Gasteiger partial charge in [0.25, 0.3) is 5.91 Å². The quantitative estimate of drug-likeness (QED) is 0.156. The Morgan fingerprint density at radius 1 is 0.651 bits per heavy atom.